The van der Waals surface area contributed by atoms with Crippen LogP contribution in [0, 0.1) is 0 Å². The summed E-state index contributed by atoms with van der Waals surface area (Å²) in [6.45, 7) is 10.4. The number of benzene rings is 1. The number of hydrogen-bond acceptors (Lipinski definition) is 9. The highest BCUT2D eigenvalue weighted by atomic mass is 16.1. The third-order valence-electron chi connectivity index (χ3n) is 6.77. The number of rotatable bonds is 7. The molecule has 5 heterocycles. The number of anilines is 3. The molecule has 0 spiro atoms. The zero-order chi connectivity index (χ0) is 27.6. The van der Waals surface area contributed by atoms with Gasteiger partial charge < -0.3 is 15.5 Å². The Morgan fingerprint density at radius 2 is 1.75 bits per heavy atom. The summed E-state index contributed by atoms with van der Waals surface area (Å²) >= 11 is 0. The fraction of sp³-hybridized carbons (Fsp3) is 0.241. The van der Waals surface area contributed by atoms with Crippen molar-refractivity contribution in [2.45, 2.75) is 32.5 Å². The first-order valence-corrected chi connectivity index (χ1v) is 13.2. The van der Waals surface area contributed by atoms with Crippen molar-refractivity contribution in [1.29, 1.82) is 0 Å². The summed E-state index contributed by atoms with van der Waals surface area (Å²) in [6, 6.07) is 16.3. The molecular weight excluding hydrogens is 504 g/mol. The van der Waals surface area contributed by atoms with Crippen LogP contribution in [0.4, 0.5) is 17.3 Å². The average Bonchev–Trinajstić information content (AvgIpc) is 3.24. The third kappa shape index (κ3) is 4.94. The first kappa shape index (κ1) is 25.4. The molecule has 202 valence electrons. The zero-order valence-corrected chi connectivity index (χ0v) is 22.4. The number of pyridine rings is 1. The van der Waals surface area contributed by atoms with Crippen LogP contribution in [0.1, 0.15) is 13.8 Å². The van der Waals surface area contributed by atoms with Crippen molar-refractivity contribution in [3.63, 3.8) is 0 Å². The Morgan fingerprint density at radius 3 is 2.48 bits per heavy atom. The lowest BCUT2D eigenvalue weighted by Crippen LogP contribution is -2.54. The molecule has 4 aromatic heterocycles. The number of nitrogens with zero attached hydrogens (tertiary/aromatic N) is 8. The summed E-state index contributed by atoms with van der Waals surface area (Å²) in [5, 5.41) is 7.23. The summed E-state index contributed by atoms with van der Waals surface area (Å²) in [5.41, 5.74) is 2.81. The first-order chi connectivity index (χ1) is 19.5. The maximum Gasteiger partial charge on any atom is 0.278 e. The molecule has 1 aliphatic rings. The van der Waals surface area contributed by atoms with Crippen LogP contribution in [0.15, 0.2) is 84.6 Å². The molecule has 2 N–H and O–H groups in total. The van der Waals surface area contributed by atoms with E-state index in [0.717, 1.165) is 18.8 Å². The topological polar surface area (TPSA) is 119 Å². The van der Waals surface area contributed by atoms with Crippen LogP contribution in [0.2, 0.25) is 0 Å². The van der Waals surface area contributed by atoms with Gasteiger partial charge in [-0.05, 0) is 56.3 Å². The van der Waals surface area contributed by atoms with Gasteiger partial charge >= 0.3 is 0 Å². The van der Waals surface area contributed by atoms with Gasteiger partial charge in [0.2, 0.25) is 5.95 Å². The van der Waals surface area contributed by atoms with Gasteiger partial charge in [-0.3, -0.25) is 4.79 Å². The molecule has 11 heteroatoms. The second-order valence-corrected chi connectivity index (χ2v) is 9.92. The Labute approximate surface area is 231 Å². The van der Waals surface area contributed by atoms with Crippen LogP contribution in [0.3, 0.4) is 0 Å². The van der Waals surface area contributed by atoms with Gasteiger partial charge in [0.05, 0.1) is 6.54 Å². The number of aromatic nitrogens is 7. The highest BCUT2D eigenvalue weighted by molar-refractivity contribution is 5.77. The van der Waals surface area contributed by atoms with E-state index in [1.165, 1.54) is 5.69 Å². The average molecular weight is 535 g/mol. The maximum atomic E-state index is 13.3. The smallest absolute Gasteiger partial charge is 0.278 e. The number of piperazine rings is 1. The number of hydrogen-bond donors (Lipinski definition) is 2. The van der Waals surface area contributed by atoms with E-state index in [0.29, 0.717) is 46.4 Å². The minimum atomic E-state index is -0.228. The normalized spacial score (nSPS) is 17.2. The molecule has 0 unspecified atom stereocenters. The molecule has 0 saturated carbocycles. The van der Waals surface area contributed by atoms with Crippen LogP contribution in [-0.2, 0) is 6.54 Å². The molecule has 40 heavy (non-hydrogen) atoms. The van der Waals surface area contributed by atoms with Crippen molar-refractivity contribution in [2.75, 3.05) is 23.3 Å². The van der Waals surface area contributed by atoms with E-state index in [9.17, 15) is 4.79 Å². The Kier molecular flexibility index (Phi) is 6.79. The Hall–Kier alpha value is -4.90. The van der Waals surface area contributed by atoms with E-state index in [1.807, 2.05) is 30.3 Å². The molecule has 1 saturated heterocycles. The van der Waals surface area contributed by atoms with E-state index in [1.54, 1.807) is 40.1 Å². The van der Waals surface area contributed by atoms with Crippen molar-refractivity contribution in [3.05, 3.63) is 90.1 Å². The van der Waals surface area contributed by atoms with E-state index < -0.39 is 0 Å². The molecule has 2 atom stereocenters. The second-order valence-electron chi connectivity index (χ2n) is 9.92. The molecule has 0 amide bonds. The summed E-state index contributed by atoms with van der Waals surface area (Å²) in [5.74, 6) is 1.37. The SMILES string of the molecule is C=CCn1c(=O)c2cnc(Nc3ccc(N4C[C@@H](C)N[C@@H](C)C4)cc3)nc2n1-c1cccc(-c2ncccn2)n1. The van der Waals surface area contributed by atoms with Gasteiger partial charge in [0, 0.05) is 55.1 Å². The number of nitrogens with one attached hydrogen (secondary N) is 2. The van der Waals surface area contributed by atoms with Gasteiger partial charge in [-0.2, -0.15) is 4.98 Å². The minimum Gasteiger partial charge on any atom is -0.368 e. The van der Waals surface area contributed by atoms with Gasteiger partial charge in [0.1, 0.15) is 11.1 Å². The van der Waals surface area contributed by atoms with Crippen molar-refractivity contribution in [3.8, 4) is 17.3 Å². The van der Waals surface area contributed by atoms with Crippen molar-refractivity contribution < 1.29 is 0 Å². The molecule has 0 radical (unpaired) electrons. The highest BCUT2D eigenvalue weighted by Crippen LogP contribution is 2.23. The lowest BCUT2D eigenvalue weighted by Gasteiger charge is -2.37. The van der Waals surface area contributed by atoms with Gasteiger partial charge in [0.25, 0.3) is 5.56 Å². The standard InChI is InChI=1S/C29H30N10O/c1-4-15-38-28(40)23-16-32-29(34-21-9-11-22(12-10-21)37-17-19(2)33-20(3)18-37)36-27(23)39(38)25-8-5-7-24(35-25)26-30-13-6-14-31-26/h4-14,16,19-20,33H,1,15,17-18H2,2-3H3,(H,32,34,36)/t19-,20+. The summed E-state index contributed by atoms with van der Waals surface area (Å²) in [6.07, 6.45) is 6.54. The van der Waals surface area contributed by atoms with Crippen molar-refractivity contribution in [2.24, 2.45) is 0 Å². The largest absolute Gasteiger partial charge is 0.368 e. The third-order valence-corrected chi connectivity index (χ3v) is 6.77. The van der Waals surface area contributed by atoms with Crippen molar-refractivity contribution in [1.82, 2.24) is 39.6 Å². The lowest BCUT2D eigenvalue weighted by molar-refractivity contribution is 0.407. The Bertz CT molecular complexity index is 1700. The first-order valence-electron chi connectivity index (χ1n) is 13.2. The van der Waals surface area contributed by atoms with E-state index in [-0.39, 0.29) is 12.1 Å². The Morgan fingerprint density at radius 1 is 1.00 bits per heavy atom. The molecule has 6 rings (SSSR count). The van der Waals surface area contributed by atoms with E-state index in [4.69, 9.17) is 9.97 Å². The van der Waals surface area contributed by atoms with Crippen molar-refractivity contribution >= 4 is 28.4 Å². The van der Waals surface area contributed by atoms with E-state index >= 15 is 0 Å². The predicted molar refractivity (Wildman–Crippen MR) is 156 cm³/mol. The zero-order valence-electron chi connectivity index (χ0n) is 22.4. The monoisotopic (exact) mass is 534 g/mol. The quantitative estimate of drug-likeness (QED) is 0.302. The minimum absolute atomic E-state index is 0.228. The lowest BCUT2D eigenvalue weighted by atomic mass is 10.1. The van der Waals surface area contributed by atoms with Crippen LogP contribution in [0.5, 0.6) is 0 Å². The van der Waals surface area contributed by atoms with Crippen LogP contribution < -0.4 is 21.1 Å². The number of fused-ring (bicyclic) bond motifs is 1. The van der Waals surface area contributed by atoms with Crippen LogP contribution >= 0.6 is 0 Å². The number of allylic oxidation sites excluding steroid dienone is 1. The second kappa shape index (κ2) is 10.7. The summed E-state index contributed by atoms with van der Waals surface area (Å²) in [4.78, 5) is 38.2. The van der Waals surface area contributed by atoms with Crippen LogP contribution in [-0.4, -0.2) is 59.5 Å². The van der Waals surface area contributed by atoms with Gasteiger partial charge in [-0.15, -0.1) is 6.58 Å². The maximum absolute atomic E-state index is 13.3. The fourth-order valence-corrected chi connectivity index (χ4v) is 5.13. The summed E-state index contributed by atoms with van der Waals surface area (Å²) < 4.78 is 3.23. The predicted octanol–water partition coefficient (Wildman–Crippen LogP) is 3.55. The molecule has 1 aliphatic heterocycles. The molecular formula is C29H30N10O. The van der Waals surface area contributed by atoms with Crippen LogP contribution in [0.25, 0.3) is 28.4 Å². The summed E-state index contributed by atoms with van der Waals surface area (Å²) in [7, 11) is 0. The van der Waals surface area contributed by atoms with Gasteiger partial charge in [-0.1, -0.05) is 12.1 Å². The molecule has 1 fully saturated rings. The van der Waals surface area contributed by atoms with E-state index in [2.05, 4.69) is 63.0 Å². The molecule has 11 nitrogen and oxygen atoms in total. The fourth-order valence-electron chi connectivity index (χ4n) is 5.13. The molecule has 0 aliphatic carbocycles. The molecule has 5 aromatic rings. The van der Waals surface area contributed by atoms with Gasteiger partial charge in [-0.25, -0.2) is 29.3 Å². The van der Waals surface area contributed by atoms with Gasteiger partial charge in [0.15, 0.2) is 17.3 Å². The Balaban J connectivity index is 1.35. The highest BCUT2D eigenvalue weighted by Gasteiger charge is 2.21. The molecule has 1 aromatic carbocycles. The molecule has 0 bridgehead atoms.